The second kappa shape index (κ2) is 12.7. The predicted molar refractivity (Wildman–Crippen MR) is 168 cm³/mol. The first-order valence-corrected chi connectivity index (χ1v) is 15.3. The monoisotopic (exact) mass is 692 g/mol. The van der Waals surface area contributed by atoms with E-state index < -0.39 is 30.6 Å². The molecule has 46 heavy (non-hydrogen) atoms. The molecule has 1 aliphatic heterocycles. The molecular weight excluding hydrogens is 668 g/mol. The topological polar surface area (TPSA) is 116 Å². The van der Waals surface area contributed by atoms with E-state index in [1.807, 2.05) is 6.92 Å². The number of rotatable bonds is 4. The standard InChI is InChI=1S/C30H26Cl3F3N8O2/c1-16-3-2-4-25(22-9-17(7-8-37-22)28-23(39-29(16)46)12-38-44(28)15-30(34,35)36)42-13-21(32)19(11-27(42)45)20-10-18(31)5-6-24(20)43-14-26(33)40-41-43/h5-14,16,25,29,39,46H,2-4,15H2,1H3. The number of nitrogens with one attached hydrogen (secondary N) is 1. The van der Waals surface area contributed by atoms with E-state index in [0.29, 0.717) is 52.4 Å². The second-order valence-corrected chi connectivity index (χ2v) is 12.3. The highest BCUT2D eigenvalue weighted by Gasteiger charge is 2.32. The molecule has 0 saturated heterocycles. The fraction of sp³-hybridized carbons (Fsp3) is 0.300. The lowest BCUT2D eigenvalue weighted by molar-refractivity contribution is -0.142. The van der Waals surface area contributed by atoms with Crippen LogP contribution in [-0.2, 0) is 6.54 Å². The predicted octanol–water partition coefficient (Wildman–Crippen LogP) is 7.02. The average molecular weight is 694 g/mol. The lowest BCUT2D eigenvalue weighted by Gasteiger charge is -2.25. The van der Waals surface area contributed by atoms with Gasteiger partial charge in [-0.2, -0.15) is 18.3 Å². The Morgan fingerprint density at radius 3 is 2.61 bits per heavy atom. The van der Waals surface area contributed by atoms with E-state index in [9.17, 15) is 23.1 Å². The summed E-state index contributed by atoms with van der Waals surface area (Å²) < 4.78 is 44.2. The molecule has 16 heteroatoms. The minimum absolute atomic E-state index is 0.133. The summed E-state index contributed by atoms with van der Waals surface area (Å²) in [7, 11) is 0. The van der Waals surface area contributed by atoms with Crippen molar-refractivity contribution < 1.29 is 18.3 Å². The third kappa shape index (κ3) is 6.63. The third-order valence-electron chi connectivity index (χ3n) is 7.87. The second-order valence-electron chi connectivity index (χ2n) is 11.1. The van der Waals surface area contributed by atoms with Gasteiger partial charge in [-0.25, -0.2) is 4.68 Å². The minimum atomic E-state index is -4.54. The van der Waals surface area contributed by atoms with Crippen molar-refractivity contribution in [3.8, 4) is 28.1 Å². The number of aliphatic hydroxyl groups excluding tert-OH is 1. The zero-order valence-corrected chi connectivity index (χ0v) is 26.4. The maximum absolute atomic E-state index is 13.9. The summed E-state index contributed by atoms with van der Waals surface area (Å²) in [5.41, 5.74) is 2.25. The molecular formula is C30H26Cl3F3N8O2. The van der Waals surface area contributed by atoms with Gasteiger partial charge in [-0.3, -0.25) is 14.5 Å². The third-order valence-corrected chi connectivity index (χ3v) is 8.58. The Balaban J connectivity index is 1.47. The van der Waals surface area contributed by atoms with Crippen molar-refractivity contribution in [2.75, 3.05) is 5.32 Å². The molecule has 0 fully saturated rings. The van der Waals surface area contributed by atoms with Crippen molar-refractivity contribution in [2.24, 2.45) is 5.92 Å². The Hall–Kier alpha value is -3.91. The van der Waals surface area contributed by atoms with Gasteiger partial charge in [0.25, 0.3) is 5.56 Å². The molecule has 5 aromatic rings. The number of fused-ring (bicyclic) bond motifs is 4. The molecule has 0 spiro atoms. The Kier molecular flexibility index (Phi) is 8.85. The van der Waals surface area contributed by atoms with Gasteiger partial charge in [0, 0.05) is 46.1 Å². The van der Waals surface area contributed by atoms with Crippen LogP contribution in [0.15, 0.2) is 66.0 Å². The van der Waals surface area contributed by atoms with E-state index in [-0.39, 0.29) is 27.5 Å². The lowest BCUT2D eigenvalue weighted by atomic mass is 9.96. The summed E-state index contributed by atoms with van der Waals surface area (Å²) in [5.74, 6) is -0.278. The Morgan fingerprint density at radius 2 is 1.87 bits per heavy atom. The molecule has 1 aliphatic rings. The molecule has 5 heterocycles. The molecule has 1 aromatic carbocycles. The molecule has 10 nitrogen and oxygen atoms in total. The van der Waals surface area contributed by atoms with Crippen LogP contribution in [-0.4, -0.2) is 51.8 Å². The number of halogens is 6. The summed E-state index contributed by atoms with van der Waals surface area (Å²) in [4.78, 5) is 18.4. The molecule has 240 valence electrons. The number of benzene rings is 1. The number of pyridine rings is 2. The maximum atomic E-state index is 13.9. The summed E-state index contributed by atoms with van der Waals surface area (Å²) >= 11 is 19.2. The highest BCUT2D eigenvalue weighted by molar-refractivity contribution is 6.34. The Bertz CT molecular complexity index is 1960. The van der Waals surface area contributed by atoms with Crippen LogP contribution >= 0.6 is 34.8 Å². The van der Waals surface area contributed by atoms with E-state index in [1.54, 1.807) is 30.3 Å². The van der Waals surface area contributed by atoms with E-state index in [1.165, 1.54) is 40.1 Å². The summed E-state index contributed by atoms with van der Waals surface area (Å²) in [5, 5.41) is 26.4. The highest BCUT2D eigenvalue weighted by Crippen LogP contribution is 2.37. The normalized spacial score (nSPS) is 18.7. The number of anilines is 1. The van der Waals surface area contributed by atoms with Gasteiger partial charge in [0.1, 0.15) is 12.8 Å². The number of hydrogen-bond donors (Lipinski definition) is 2. The molecule has 2 bridgehead atoms. The van der Waals surface area contributed by atoms with Crippen LogP contribution < -0.4 is 10.9 Å². The molecule has 4 aromatic heterocycles. The van der Waals surface area contributed by atoms with Gasteiger partial charge < -0.3 is 15.0 Å². The van der Waals surface area contributed by atoms with Crippen molar-refractivity contribution in [3.63, 3.8) is 0 Å². The van der Waals surface area contributed by atoms with Crippen LogP contribution in [0, 0.1) is 5.92 Å². The van der Waals surface area contributed by atoms with Gasteiger partial charge in [0.2, 0.25) is 0 Å². The van der Waals surface area contributed by atoms with Gasteiger partial charge in [-0.05, 0) is 43.2 Å². The van der Waals surface area contributed by atoms with Gasteiger partial charge in [0.15, 0.2) is 5.15 Å². The van der Waals surface area contributed by atoms with Crippen molar-refractivity contribution in [3.05, 3.63) is 92.4 Å². The number of alkyl halides is 3. The van der Waals surface area contributed by atoms with E-state index in [2.05, 4.69) is 25.7 Å². The van der Waals surface area contributed by atoms with Crippen LogP contribution in [0.4, 0.5) is 18.9 Å². The van der Waals surface area contributed by atoms with Crippen molar-refractivity contribution in [1.82, 2.24) is 34.3 Å². The maximum Gasteiger partial charge on any atom is 0.408 e. The van der Waals surface area contributed by atoms with Crippen LogP contribution in [0.5, 0.6) is 0 Å². The Morgan fingerprint density at radius 1 is 1.07 bits per heavy atom. The summed E-state index contributed by atoms with van der Waals surface area (Å²) in [6.45, 7) is 0.498. The van der Waals surface area contributed by atoms with Gasteiger partial charge in [0.05, 0.1) is 46.2 Å². The molecule has 0 radical (unpaired) electrons. The van der Waals surface area contributed by atoms with Crippen LogP contribution in [0.3, 0.4) is 0 Å². The molecule has 0 amide bonds. The van der Waals surface area contributed by atoms with Crippen molar-refractivity contribution >= 4 is 40.5 Å². The quantitative estimate of drug-likeness (QED) is 0.208. The first kappa shape index (κ1) is 32.0. The number of nitrogens with zero attached hydrogens (tertiary/aromatic N) is 7. The SMILES string of the molecule is CC1CCCC(n2cc(Cl)c(-c3cc(Cl)ccc3-n3cc(Cl)nn3)cc2=O)c2cc(ccn2)-c2c(cnn2CC(F)(F)F)NC1O. The van der Waals surface area contributed by atoms with Crippen LogP contribution in [0.2, 0.25) is 15.2 Å². The van der Waals surface area contributed by atoms with Crippen LogP contribution in [0.1, 0.15) is 37.9 Å². The minimum Gasteiger partial charge on any atom is -0.374 e. The molecule has 3 atom stereocenters. The van der Waals surface area contributed by atoms with E-state index >= 15 is 0 Å². The molecule has 3 unspecified atom stereocenters. The van der Waals surface area contributed by atoms with Gasteiger partial charge in [-0.15, -0.1) is 5.10 Å². The Labute approximate surface area is 275 Å². The largest absolute Gasteiger partial charge is 0.408 e. The smallest absolute Gasteiger partial charge is 0.374 e. The first-order chi connectivity index (χ1) is 21.9. The summed E-state index contributed by atoms with van der Waals surface area (Å²) in [6.07, 6.45) is 1.73. The number of hydrogen-bond acceptors (Lipinski definition) is 7. The van der Waals surface area contributed by atoms with E-state index in [4.69, 9.17) is 34.8 Å². The fourth-order valence-corrected chi connectivity index (χ4v) is 6.20. The molecule has 2 N–H and O–H groups in total. The zero-order valence-electron chi connectivity index (χ0n) is 24.1. The number of aliphatic hydroxyl groups is 1. The van der Waals surface area contributed by atoms with Crippen molar-refractivity contribution in [2.45, 2.75) is 51.2 Å². The average Bonchev–Trinajstić information content (AvgIpc) is 3.60. The molecule has 6 rings (SSSR count). The van der Waals surface area contributed by atoms with Crippen LogP contribution in [0.25, 0.3) is 28.1 Å². The first-order valence-electron chi connectivity index (χ1n) is 14.2. The number of aromatic nitrogens is 7. The zero-order chi connectivity index (χ0) is 32.7. The molecule has 0 saturated carbocycles. The van der Waals surface area contributed by atoms with E-state index in [0.717, 1.165) is 4.68 Å². The highest BCUT2D eigenvalue weighted by atomic mass is 35.5. The van der Waals surface area contributed by atoms with Gasteiger partial charge in [-0.1, -0.05) is 53.4 Å². The summed E-state index contributed by atoms with van der Waals surface area (Å²) in [6, 6.07) is 8.97. The van der Waals surface area contributed by atoms with Gasteiger partial charge >= 0.3 is 6.18 Å². The fourth-order valence-electron chi connectivity index (χ4n) is 5.64. The van der Waals surface area contributed by atoms with Crippen molar-refractivity contribution in [1.29, 1.82) is 0 Å². The lowest BCUT2D eigenvalue weighted by Crippen LogP contribution is -2.29. The molecule has 0 aliphatic carbocycles.